The van der Waals surface area contributed by atoms with Crippen LogP contribution in [0.3, 0.4) is 0 Å². The molecule has 0 aliphatic rings. The minimum atomic E-state index is 0.311. The molecule has 0 bridgehead atoms. The molecule has 0 unspecified atom stereocenters. The summed E-state index contributed by atoms with van der Waals surface area (Å²) in [6.07, 6.45) is 0. The van der Waals surface area contributed by atoms with Crippen molar-refractivity contribution in [2.45, 2.75) is 13.8 Å². The zero-order valence-electron chi connectivity index (χ0n) is 11.4. The van der Waals surface area contributed by atoms with Gasteiger partial charge in [-0.15, -0.1) is 0 Å². The van der Waals surface area contributed by atoms with Crippen LogP contribution in [0.25, 0.3) is 22.4 Å². The van der Waals surface area contributed by atoms with Gasteiger partial charge >= 0.3 is 0 Å². The maximum Gasteiger partial charge on any atom is 0.184 e. The van der Waals surface area contributed by atoms with Crippen LogP contribution in [0.15, 0.2) is 18.2 Å². The Labute approximate surface area is 131 Å². The highest BCUT2D eigenvalue weighted by Gasteiger charge is 2.13. The fraction of sp³-hybridized carbons (Fsp3) is 0.143. The number of benzene rings is 1. The van der Waals surface area contributed by atoms with E-state index in [1.54, 1.807) is 19.1 Å². The van der Waals surface area contributed by atoms with Crippen LogP contribution in [-0.2, 0) is 0 Å². The van der Waals surface area contributed by atoms with E-state index in [-0.39, 0.29) is 0 Å². The second-order valence-electron chi connectivity index (χ2n) is 4.61. The van der Waals surface area contributed by atoms with E-state index in [9.17, 15) is 0 Å². The molecule has 3 aromatic rings. The molecule has 1 aromatic carbocycles. The molecule has 2 N–H and O–H groups in total. The number of nitrogens with two attached hydrogens (primary N) is 1. The Hall–Kier alpha value is -1.98. The third kappa shape index (κ3) is 2.50. The van der Waals surface area contributed by atoms with Crippen LogP contribution in [0.5, 0.6) is 0 Å². The van der Waals surface area contributed by atoms with Gasteiger partial charge in [-0.05, 0) is 26.0 Å². The standard InChI is InChI=1S/C14H11Cl2N5/c1-6-11(8-3-4-9(15)10(16)5-8)21-12-13(17)19-7(2)20-14(12)18-6/h3-5H,1-2H3,(H2,17,18,19,20). The zero-order chi connectivity index (χ0) is 15.1. The number of nitrogen functional groups attached to an aromatic ring is 1. The van der Waals surface area contributed by atoms with E-state index >= 15 is 0 Å². The van der Waals surface area contributed by atoms with E-state index in [0.29, 0.717) is 38.5 Å². The molecule has 0 radical (unpaired) electrons. The van der Waals surface area contributed by atoms with Crippen LogP contribution < -0.4 is 5.73 Å². The van der Waals surface area contributed by atoms with Crippen molar-refractivity contribution >= 4 is 40.2 Å². The van der Waals surface area contributed by atoms with Crippen molar-refractivity contribution in [3.05, 3.63) is 39.8 Å². The highest BCUT2D eigenvalue weighted by Crippen LogP contribution is 2.30. The second-order valence-corrected chi connectivity index (χ2v) is 5.43. The number of halogens is 2. The van der Waals surface area contributed by atoms with Crippen LogP contribution >= 0.6 is 23.2 Å². The van der Waals surface area contributed by atoms with E-state index in [2.05, 4.69) is 19.9 Å². The molecule has 0 saturated heterocycles. The summed E-state index contributed by atoms with van der Waals surface area (Å²) in [6, 6.07) is 5.31. The largest absolute Gasteiger partial charge is 0.382 e. The predicted molar refractivity (Wildman–Crippen MR) is 84.5 cm³/mol. The molecule has 0 saturated carbocycles. The lowest BCUT2D eigenvalue weighted by molar-refractivity contribution is 1.05. The van der Waals surface area contributed by atoms with E-state index in [0.717, 1.165) is 11.3 Å². The van der Waals surface area contributed by atoms with Gasteiger partial charge in [0.15, 0.2) is 17.0 Å². The van der Waals surface area contributed by atoms with Gasteiger partial charge in [-0.2, -0.15) is 0 Å². The molecule has 21 heavy (non-hydrogen) atoms. The number of hydrogen-bond donors (Lipinski definition) is 1. The first-order chi connectivity index (χ1) is 9.95. The second kappa shape index (κ2) is 5.09. The van der Waals surface area contributed by atoms with Crippen LogP contribution in [0.1, 0.15) is 11.5 Å². The number of fused-ring (bicyclic) bond motifs is 1. The number of hydrogen-bond acceptors (Lipinski definition) is 5. The van der Waals surface area contributed by atoms with Gasteiger partial charge in [-0.1, -0.05) is 29.3 Å². The van der Waals surface area contributed by atoms with Gasteiger partial charge in [-0.3, -0.25) is 0 Å². The molecular formula is C14H11Cl2N5. The van der Waals surface area contributed by atoms with Gasteiger partial charge in [0, 0.05) is 5.56 Å². The molecule has 0 aliphatic carbocycles. The van der Waals surface area contributed by atoms with Gasteiger partial charge < -0.3 is 5.73 Å². The Morgan fingerprint density at radius 2 is 1.71 bits per heavy atom. The molecule has 106 valence electrons. The van der Waals surface area contributed by atoms with Crippen LogP contribution in [0.4, 0.5) is 5.82 Å². The summed E-state index contributed by atoms with van der Waals surface area (Å²) in [6.45, 7) is 3.62. The Morgan fingerprint density at radius 3 is 2.43 bits per heavy atom. The van der Waals surface area contributed by atoms with Gasteiger partial charge in [0.05, 0.1) is 21.4 Å². The maximum absolute atomic E-state index is 6.06. The monoisotopic (exact) mass is 319 g/mol. The van der Waals surface area contributed by atoms with Gasteiger partial charge in [0.2, 0.25) is 0 Å². The first-order valence-electron chi connectivity index (χ1n) is 6.19. The first kappa shape index (κ1) is 14.0. The highest BCUT2D eigenvalue weighted by molar-refractivity contribution is 6.42. The average molecular weight is 320 g/mol. The molecule has 7 heteroatoms. The van der Waals surface area contributed by atoms with Gasteiger partial charge in [0.1, 0.15) is 5.82 Å². The lowest BCUT2D eigenvalue weighted by atomic mass is 10.1. The molecule has 2 heterocycles. The number of nitrogens with zero attached hydrogens (tertiary/aromatic N) is 4. The van der Waals surface area contributed by atoms with Crippen molar-refractivity contribution in [2.24, 2.45) is 0 Å². The number of rotatable bonds is 1. The summed E-state index contributed by atoms with van der Waals surface area (Å²) in [7, 11) is 0. The minimum Gasteiger partial charge on any atom is -0.382 e. The summed E-state index contributed by atoms with van der Waals surface area (Å²) >= 11 is 12.0. The van der Waals surface area contributed by atoms with Crippen molar-refractivity contribution in [1.82, 2.24) is 19.9 Å². The Bertz CT molecular complexity index is 864. The van der Waals surface area contributed by atoms with Crippen molar-refractivity contribution in [3.63, 3.8) is 0 Å². The van der Waals surface area contributed by atoms with E-state index < -0.39 is 0 Å². The molecule has 3 rings (SSSR count). The molecule has 0 spiro atoms. The van der Waals surface area contributed by atoms with E-state index in [4.69, 9.17) is 28.9 Å². The third-order valence-corrected chi connectivity index (χ3v) is 3.78. The molecular weight excluding hydrogens is 309 g/mol. The quantitative estimate of drug-likeness (QED) is 0.741. The summed E-state index contributed by atoms with van der Waals surface area (Å²) in [4.78, 5) is 17.4. The minimum absolute atomic E-state index is 0.311. The van der Waals surface area contributed by atoms with E-state index in [1.807, 2.05) is 13.0 Å². The van der Waals surface area contributed by atoms with Crippen LogP contribution in [0, 0.1) is 13.8 Å². The molecule has 0 aliphatic heterocycles. The molecule has 0 amide bonds. The van der Waals surface area contributed by atoms with Crippen LogP contribution in [0.2, 0.25) is 10.0 Å². The summed E-state index contributed by atoms with van der Waals surface area (Å²) < 4.78 is 0. The van der Waals surface area contributed by atoms with Gasteiger partial charge in [0.25, 0.3) is 0 Å². The first-order valence-corrected chi connectivity index (χ1v) is 6.95. The van der Waals surface area contributed by atoms with Gasteiger partial charge in [-0.25, -0.2) is 19.9 Å². The Kier molecular flexibility index (Phi) is 3.39. The maximum atomic E-state index is 6.06. The lowest BCUT2D eigenvalue weighted by Gasteiger charge is -2.08. The SMILES string of the molecule is Cc1nc(N)c2nc(-c3ccc(Cl)c(Cl)c3)c(C)nc2n1. The van der Waals surface area contributed by atoms with E-state index in [1.165, 1.54) is 0 Å². The third-order valence-electron chi connectivity index (χ3n) is 3.04. The van der Waals surface area contributed by atoms with Crippen LogP contribution in [-0.4, -0.2) is 19.9 Å². The van der Waals surface area contributed by atoms with Crippen molar-refractivity contribution < 1.29 is 0 Å². The Balaban J connectivity index is 2.27. The van der Waals surface area contributed by atoms with Crippen molar-refractivity contribution in [2.75, 3.05) is 5.73 Å². The lowest BCUT2D eigenvalue weighted by Crippen LogP contribution is -2.03. The number of anilines is 1. The summed E-state index contributed by atoms with van der Waals surface area (Å²) in [5, 5.41) is 0.953. The predicted octanol–water partition coefficient (Wildman–Crippen LogP) is 3.59. The fourth-order valence-corrected chi connectivity index (χ4v) is 2.38. The topological polar surface area (TPSA) is 77.6 Å². The molecule has 0 atom stereocenters. The normalized spacial score (nSPS) is 11.0. The van der Waals surface area contributed by atoms with Crippen molar-refractivity contribution in [3.8, 4) is 11.3 Å². The molecule has 0 fully saturated rings. The number of aryl methyl sites for hydroxylation is 2. The zero-order valence-corrected chi connectivity index (χ0v) is 12.9. The smallest absolute Gasteiger partial charge is 0.184 e. The Morgan fingerprint density at radius 1 is 0.952 bits per heavy atom. The molecule has 5 nitrogen and oxygen atoms in total. The molecule has 2 aromatic heterocycles. The fourth-order valence-electron chi connectivity index (χ4n) is 2.08. The van der Waals surface area contributed by atoms with Crippen molar-refractivity contribution in [1.29, 1.82) is 0 Å². The summed E-state index contributed by atoms with van der Waals surface area (Å²) in [5.41, 5.74) is 9.10. The highest BCUT2D eigenvalue weighted by atomic mass is 35.5. The average Bonchev–Trinajstić information content (AvgIpc) is 2.41. The number of aromatic nitrogens is 4. The summed E-state index contributed by atoms with van der Waals surface area (Å²) in [5.74, 6) is 0.877.